The number of methoxy groups -OCH3 is 1. The SMILES string of the molecule is COCCOCOc1ccccc1[C@H]1CCCC[C@@H]1O. The molecule has 20 heavy (non-hydrogen) atoms. The summed E-state index contributed by atoms with van der Waals surface area (Å²) in [4.78, 5) is 0. The first-order valence-electron chi connectivity index (χ1n) is 7.29. The van der Waals surface area contributed by atoms with Gasteiger partial charge in [-0.3, -0.25) is 0 Å². The summed E-state index contributed by atoms with van der Waals surface area (Å²) in [6, 6.07) is 7.93. The van der Waals surface area contributed by atoms with E-state index in [-0.39, 0.29) is 18.8 Å². The molecule has 2 atom stereocenters. The molecular weight excluding hydrogens is 256 g/mol. The van der Waals surface area contributed by atoms with Gasteiger partial charge >= 0.3 is 0 Å². The maximum Gasteiger partial charge on any atom is 0.189 e. The number of rotatable bonds is 7. The molecule has 112 valence electrons. The molecule has 4 heteroatoms. The second-order valence-electron chi connectivity index (χ2n) is 5.16. The van der Waals surface area contributed by atoms with Crippen molar-refractivity contribution in [2.45, 2.75) is 37.7 Å². The Labute approximate surface area is 120 Å². The second-order valence-corrected chi connectivity index (χ2v) is 5.16. The summed E-state index contributed by atoms with van der Waals surface area (Å²) in [6.45, 7) is 1.29. The van der Waals surface area contributed by atoms with Crippen molar-refractivity contribution in [3.05, 3.63) is 29.8 Å². The standard InChI is InChI=1S/C16H24O4/c1-18-10-11-19-12-20-16-9-5-3-7-14(16)13-6-2-4-8-15(13)17/h3,5,7,9,13,15,17H,2,4,6,8,10-12H2,1H3/t13-,15+/m1/s1. The minimum atomic E-state index is -0.261. The summed E-state index contributed by atoms with van der Waals surface area (Å²) < 4.78 is 15.9. The highest BCUT2D eigenvalue weighted by Crippen LogP contribution is 2.37. The fraction of sp³-hybridized carbons (Fsp3) is 0.625. The van der Waals surface area contributed by atoms with Gasteiger partial charge in [-0.2, -0.15) is 0 Å². The van der Waals surface area contributed by atoms with Crippen molar-refractivity contribution >= 4 is 0 Å². The van der Waals surface area contributed by atoms with Gasteiger partial charge in [0.05, 0.1) is 19.3 Å². The molecule has 4 nitrogen and oxygen atoms in total. The lowest BCUT2D eigenvalue weighted by Crippen LogP contribution is -2.23. The smallest absolute Gasteiger partial charge is 0.189 e. The van der Waals surface area contributed by atoms with E-state index < -0.39 is 0 Å². The zero-order valence-electron chi connectivity index (χ0n) is 12.1. The Morgan fingerprint density at radius 3 is 2.75 bits per heavy atom. The van der Waals surface area contributed by atoms with Crippen LogP contribution < -0.4 is 4.74 Å². The van der Waals surface area contributed by atoms with Crippen molar-refractivity contribution in [2.75, 3.05) is 27.1 Å². The van der Waals surface area contributed by atoms with Crippen LogP contribution >= 0.6 is 0 Å². The molecule has 1 saturated carbocycles. The van der Waals surface area contributed by atoms with E-state index in [0.717, 1.165) is 30.6 Å². The van der Waals surface area contributed by atoms with Crippen molar-refractivity contribution in [2.24, 2.45) is 0 Å². The van der Waals surface area contributed by atoms with Crippen molar-refractivity contribution in [3.8, 4) is 5.75 Å². The van der Waals surface area contributed by atoms with Gasteiger partial charge in [0.15, 0.2) is 6.79 Å². The van der Waals surface area contributed by atoms with E-state index in [4.69, 9.17) is 14.2 Å². The molecule has 1 aliphatic carbocycles. The molecule has 1 aromatic carbocycles. The number of aliphatic hydroxyl groups is 1. The number of para-hydroxylation sites is 1. The van der Waals surface area contributed by atoms with Crippen LogP contribution in [0.2, 0.25) is 0 Å². The van der Waals surface area contributed by atoms with Crippen molar-refractivity contribution < 1.29 is 19.3 Å². The zero-order valence-corrected chi connectivity index (χ0v) is 12.1. The topological polar surface area (TPSA) is 47.9 Å². The van der Waals surface area contributed by atoms with Crippen LogP contribution in [0, 0.1) is 0 Å². The summed E-state index contributed by atoms with van der Waals surface area (Å²) in [5, 5.41) is 10.2. The minimum Gasteiger partial charge on any atom is -0.467 e. The lowest BCUT2D eigenvalue weighted by Gasteiger charge is -2.29. The van der Waals surface area contributed by atoms with Crippen LogP contribution in [0.4, 0.5) is 0 Å². The van der Waals surface area contributed by atoms with Crippen molar-refractivity contribution in [1.29, 1.82) is 0 Å². The molecule has 0 radical (unpaired) electrons. The van der Waals surface area contributed by atoms with E-state index in [9.17, 15) is 5.11 Å². The Bertz CT molecular complexity index is 394. The van der Waals surface area contributed by atoms with Crippen molar-refractivity contribution in [3.63, 3.8) is 0 Å². The van der Waals surface area contributed by atoms with Crippen LogP contribution in [0.3, 0.4) is 0 Å². The highest BCUT2D eigenvalue weighted by molar-refractivity contribution is 5.37. The average Bonchev–Trinajstić information content (AvgIpc) is 2.48. The number of hydrogen-bond acceptors (Lipinski definition) is 4. The molecular formula is C16H24O4. The quantitative estimate of drug-likeness (QED) is 0.616. The van der Waals surface area contributed by atoms with Gasteiger partial charge in [0.1, 0.15) is 5.75 Å². The van der Waals surface area contributed by atoms with Gasteiger partial charge in [-0.05, 0) is 24.5 Å². The van der Waals surface area contributed by atoms with E-state index in [1.165, 1.54) is 6.42 Å². The third-order valence-electron chi connectivity index (χ3n) is 3.78. The molecule has 0 heterocycles. The molecule has 1 fully saturated rings. The Morgan fingerprint density at radius 1 is 1.15 bits per heavy atom. The maximum absolute atomic E-state index is 10.2. The van der Waals surface area contributed by atoms with Crippen LogP contribution in [0.1, 0.15) is 37.2 Å². The number of aliphatic hydroxyl groups excluding tert-OH is 1. The highest BCUT2D eigenvalue weighted by Gasteiger charge is 2.26. The Hall–Kier alpha value is -1.10. The normalized spacial score (nSPS) is 22.7. The zero-order chi connectivity index (χ0) is 14.2. The van der Waals surface area contributed by atoms with Gasteiger partial charge in [-0.1, -0.05) is 31.0 Å². The monoisotopic (exact) mass is 280 g/mol. The van der Waals surface area contributed by atoms with Gasteiger partial charge in [0.2, 0.25) is 0 Å². The molecule has 0 bridgehead atoms. The third kappa shape index (κ3) is 4.20. The van der Waals surface area contributed by atoms with Gasteiger partial charge < -0.3 is 19.3 Å². The van der Waals surface area contributed by atoms with Crippen LogP contribution in [-0.2, 0) is 9.47 Å². The fourth-order valence-electron chi connectivity index (χ4n) is 2.70. The van der Waals surface area contributed by atoms with E-state index in [1.807, 2.05) is 24.3 Å². The predicted molar refractivity (Wildman–Crippen MR) is 77.0 cm³/mol. The number of ether oxygens (including phenoxy) is 3. The predicted octanol–water partition coefficient (Wildman–Crippen LogP) is 2.70. The Morgan fingerprint density at radius 2 is 1.95 bits per heavy atom. The second kappa shape index (κ2) is 8.25. The first-order chi connectivity index (χ1) is 9.83. The fourth-order valence-corrected chi connectivity index (χ4v) is 2.70. The summed E-state index contributed by atoms with van der Waals surface area (Å²) in [5.74, 6) is 0.995. The molecule has 0 spiro atoms. The van der Waals surface area contributed by atoms with Crippen LogP contribution in [0.25, 0.3) is 0 Å². The number of benzene rings is 1. The van der Waals surface area contributed by atoms with Gasteiger partial charge in [-0.25, -0.2) is 0 Å². The summed E-state index contributed by atoms with van der Waals surface area (Å²) in [6.07, 6.45) is 3.92. The largest absolute Gasteiger partial charge is 0.467 e. The Kier molecular flexibility index (Phi) is 6.30. The molecule has 1 aromatic rings. The van der Waals surface area contributed by atoms with Crippen LogP contribution in [0.15, 0.2) is 24.3 Å². The van der Waals surface area contributed by atoms with Gasteiger partial charge in [0, 0.05) is 13.0 Å². The molecule has 2 rings (SSSR count). The van der Waals surface area contributed by atoms with Gasteiger partial charge in [-0.15, -0.1) is 0 Å². The van der Waals surface area contributed by atoms with Gasteiger partial charge in [0.25, 0.3) is 0 Å². The Balaban J connectivity index is 1.95. The highest BCUT2D eigenvalue weighted by atomic mass is 16.7. The van der Waals surface area contributed by atoms with E-state index >= 15 is 0 Å². The van der Waals surface area contributed by atoms with E-state index in [2.05, 4.69) is 0 Å². The lowest BCUT2D eigenvalue weighted by molar-refractivity contribution is -0.00961. The molecule has 0 aromatic heterocycles. The molecule has 1 N–H and O–H groups in total. The summed E-state index contributed by atoms with van der Waals surface area (Å²) >= 11 is 0. The number of hydrogen-bond donors (Lipinski definition) is 1. The molecule has 1 aliphatic rings. The van der Waals surface area contributed by atoms with Crippen LogP contribution in [0.5, 0.6) is 5.75 Å². The first-order valence-corrected chi connectivity index (χ1v) is 7.29. The molecule has 0 saturated heterocycles. The maximum atomic E-state index is 10.2. The van der Waals surface area contributed by atoms with E-state index in [1.54, 1.807) is 7.11 Å². The summed E-state index contributed by atoms with van der Waals surface area (Å²) in [7, 11) is 1.64. The lowest BCUT2D eigenvalue weighted by atomic mass is 9.81. The molecule has 0 unspecified atom stereocenters. The van der Waals surface area contributed by atoms with Crippen LogP contribution in [-0.4, -0.2) is 38.3 Å². The third-order valence-corrected chi connectivity index (χ3v) is 3.78. The van der Waals surface area contributed by atoms with Crippen molar-refractivity contribution in [1.82, 2.24) is 0 Å². The first kappa shape index (κ1) is 15.3. The molecule has 0 amide bonds. The average molecular weight is 280 g/mol. The minimum absolute atomic E-state index is 0.180. The molecule has 0 aliphatic heterocycles. The summed E-state index contributed by atoms with van der Waals surface area (Å²) in [5.41, 5.74) is 1.09. The van der Waals surface area contributed by atoms with E-state index in [0.29, 0.717) is 13.2 Å².